The van der Waals surface area contributed by atoms with Gasteiger partial charge in [0.15, 0.2) is 0 Å². The SMILES string of the molecule is CCCC(C)(C)NS(=O)(=O)c1ccc(C)c(C(N)=O)c1. The molecule has 0 aromatic heterocycles. The van der Waals surface area contributed by atoms with E-state index in [0.717, 1.165) is 12.8 Å². The summed E-state index contributed by atoms with van der Waals surface area (Å²) in [5.41, 5.74) is 5.59. The van der Waals surface area contributed by atoms with E-state index in [2.05, 4.69) is 4.72 Å². The summed E-state index contributed by atoms with van der Waals surface area (Å²) in [4.78, 5) is 11.4. The number of hydrogen-bond acceptors (Lipinski definition) is 3. The van der Waals surface area contributed by atoms with Gasteiger partial charge in [0, 0.05) is 11.1 Å². The Morgan fingerprint density at radius 2 is 1.95 bits per heavy atom. The minimum Gasteiger partial charge on any atom is -0.366 e. The van der Waals surface area contributed by atoms with Crippen molar-refractivity contribution in [2.75, 3.05) is 0 Å². The number of nitrogens with one attached hydrogen (secondary N) is 1. The lowest BCUT2D eigenvalue weighted by Crippen LogP contribution is -2.43. The maximum Gasteiger partial charge on any atom is 0.249 e. The van der Waals surface area contributed by atoms with Crippen LogP contribution in [0.5, 0.6) is 0 Å². The van der Waals surface area contributed by atoms with E-state index in [9.17, 15) is 13.2 Å². The van der Waals surface area contributed by atoms with Crippen molar-refractivity contribution in [1.82, 2.24) is 4.72 Å². The van der Waals surface area contributed by atoms with Gasteiger partial charge in [-0.25, -0.2) is 13.1 Å². The predicted molar refractivity (Wildman–Crippen MR) is 79.0 cm³/mol. The highest BCUT2D eigenvalue weighted by atomic mass is 32.2. The first kappa shape index (κ1) is 16.7. The van der Waals surface area contributed by atoms with Crippen molar-refractivity contribution in [3.8, 4) is 0 Å². The summed E-state index contributed by atoms with van der Waals surface area (Å²) < 4.78 is 27.3. The summed E-state index contributed by atoms with van der Waals surface area (Å²) in [7, 11) is -3.67. The van der Waals surface area contributed by atoms with Crippen LogP contribution in [0.4, 0.5) is 0 Å². The van der Waals surface area contributed by atoms with Gasteiger partial charge in [0.05, 0.1) is 4.90 Å². The first-order valence-electron chi connectivity index (χ1n) is 6.53. The van der Waals surface area contributed by atoms with Crippen molar-refractivity contribution < 1.29 is 13.2 Å². The number of aryl methyl sites for hydroxylation is 1. The smallest absolute Gasteiger partial charge is 0.249 e. The third-order valence-electron chi connectivity index (χ3n) is 3.07. The molecule has 1 aromatic rings. The number of nitrogens with two attached hydrogens (primary N) is 1. The van der Waals surface area contributed by atoms with Crippen LogP contribution in [0.25, 0.3) is 0 Å². The summed E-state index contributed by atoms with van der Waals surface area (Å²) in [6, 6.07) is 4.38. The monoisotopic (exact) mass is 298 g/mol. The lowest BCUT2D eigenvalue weighted by atomic mass is 10.0. The van der Waals surface area contributed by atoms with Gasteiger partial charge in [0.25, 0.3) is 0 Å². The molecule has 0 bridgehead atoms. The molecule has 0 unspecified atom stereocenters. The molecule has 0 aliphatic rings. The fourth-order valence-corrected chi connectivity index (χ4v) is 3.60. The first-order chi connectivity index (χ1) is 9.09. The molecule has 1 rings (SSSR count). The zero-order valence-electron chi connectivity index (χ0n) is 12.4. The number of hydrogen-bond donors (Lipinski definition) is 2. The molecule has 0 saturated heterocycles. The quantitative estimate of drug-likeness (QED) is 0.841. The van der Waals surface area contributed by atoms with Crippen LogP contribution in [0.3, 0.4) is 0 Å². The molecule has 1 aromatic carbocycles. The molecule has 20 heavy (non-hydrogen) atoms. The fourth-order valence-electron chi connectivity index (χ4n) is 2.13. The third-order valence-corrected chi connectivity index (χ3v) is 4.77. The molecule has 112 valence electrons. The van der Waals surface area contributed by atoms with Crippen LogP contribution in [0.15, 0.2) is 23.1 Å². The largest absolute Gasteiger partial charge is 0.366 e. The average molecular weight is 298 g/mol. The van der Waals surface area contributed by atoms with Crippen molar-refractivity contribution in [2.45, 2.75) is 51.0 Å². The highest BCUT2D eigenvalue weighted by Gasteiger charge is 2.26. The van der Waals surface area contributed by atoms with Gasteiger partial charge in [-0.05, 0) is 44.9 Å². The molecule has 0 fully saturated rings. The lowest BCUT2D eigenvalue weighted by Gasteiger charge is -2.25. The Kier molecular flexibility index (Phi) is 4.94. The predicted octanol–water partition coefficient (Wildman–Crippen LogP) is 1.95. The van der Waals surface area contributed by atoms with E-state index >= 15 is 0 Å². The molecular weight excluding hydrogens is 276 g/mol. The summed E-state index contributed by atoms with van der Waals surface area (Å²) in [5.74, 6) is -0.632. The zero-order chi connectivity index (χ0) is 15.6. The van der Waals surface area contributed by atoms with Crippen LogP contribution >= 0.6 is 0 Å². The van der Waals surface area contributed by atoms with Crippen LogP contribution in [-0.4, -0.2) is 19.9 Å². The van der Waals surface area contributed by atoms with E-state index in [1.165, 1.54) is 12.1 Å². The van der Waals surface area contributed by atoms with Gasteiger partial charge in [0.1, 0.15) is 0 Å². The molecule has 0 saturated carbocycles. The summed E-state index contributed by atoms with van der Waals surface area (Å²) in [5, 5.41) is 0. The van der Waals surface area contributed by atoms with E-state index in [0.29, 0.717) is 5.56 Å². The molecular formula is C14H22N2O3S. The van der Waals surface area contributed by atoms with Crippen LogP contribution in [0, 0.1) is 6.92 Å². The fraction of sp³-hybridized carbons (Fsp3) is 0.500. The number of primary amides is 1. The molecule has 0 spiro atoms. The number of rotatable bonds is 6. The molecule has 1 amide bonds. The van der Waals surface area contributed by atoms with E-state index in [4.69, 9.17) is 5.73 Å². The van der Waals surface area contributed by atoms with Gasteiger partial charge in [-0.1, -0.05) is 19.4 Å². The van der Waals surface area contributed by atoms with Gasteiger partial charge in [-0.3, -0.25) is 4.79 Å². The van der Waals surface area contributed by atoms with Gasteiger partial charge in [-0.15, -0.1) is 0 Å². The standard InChI is InChI=1S/C14H22N2O3S/c1-5-8-14(3,4)16-20(18,19)11-7-6-10(2)12(9-11)13(15)17/h6-7,9,16H,5,8H2,1-4H3,(H2,15,17). The first-order valence-corrected chi connectivity index (χ1v) is 8.02. The summed E-state index contributed by atoms with van der Waals surface area (Å²) >= 11 is 0. The number of sulfonamides is 1. The van der Waals surface area contributed by atoms with E-state index < -0.39 is 21.5 Å². The van der Waals surface area contributed by atoms with Crippen molar-refractivity contribution in [2.24, 2.45) is 5.73 Å². The third kappa shape index (κ3) is 4.05. The Labute approximate surface area is 120 Å². The zero-order valence-corrected chi connectivity index (χ0v) is 13.2. The molecule has 0 radical (unpaired) electrons. The lowest BCUT2D eigenvalue weighted by molar-refractivity contribution is 0.0999. The van der Waals surface area contributed by atoms with Crippen molar-refractivity contribution >= 4 is 15.9 Å². The highest BCUT2D eigenvalue weighted by molar-refractivity contribution is 7.89. The van der Waals surface area contributed by atoms with Crippen LogP contribution in [0.1, 0.15) is 49.5 Å². The topological polar surface area (TPSA) is 89.3 Å². The van der Waals surface area contributed by atoms with Gasteiger partial charge < -0.3 is 5.73 Å². The van der Waals surface area contributed by atoms with Gasteiger partial charge in [-0.2, -0.15) is 0 Å². The maximum atomic E-state index is 12.3. The van der Waals surface area contributed by atoms with Gasteiger partial charge >= 0.3 is 0 Å². The minimum absolute atomic E-state index is 0.0566. The maximum absolute atomic E-state index is 12.3. The summed E-state index contributed by atoms with van der Waals surface area (Å²) in [6.45, 7) is 7.37. The number of amides is 1. The normalized spacial score (nSPS) is 12.4. The second-order valence-electron chi connectivity index (χ2n) is 5.58. The number of benzene rings is 1. The van der Waals surface area contributed by atoms with Crippen LogP contribution < -0.4 is 10.5 Å². The second kappa shape index (κ2) is 5.93. The Morgan fingerprint density at radius 3 is 2.45 bits per heavy atom. The van der Waals surface area contributed by atoms with Gasteiger partial charge in [0.2, 0.25) is 15.9 Å². The molecule has 0 aliphatic heterocycles. The van der Waals surface area contributed by atoms with Crippen LogP contribution in [-0.2, 0) is 10.0 Å². The van der Waals surface area contributed by atoms with Crippen molar-refractivity contribution in [3.05, 3.63) is 29.3 Å². The number of carbonyl (C=O) groups excluding carboxylic acids is 1. The Morgan fingerprint density at radius 1 is 1.35 bits per heavy atom. The average Bonchev–Trinajstić information content (AvgIpc) is 2.26. The second-order valence-corrected chi connectivity index (χ2v) is 7.26. The molecule has 6 heteroatoms. The molecule has 5 nitrogen and oxygen atoms in total. The van der Waals surface area contributed by atoms with Crippen molar-refractivity contribution in [3.63, 3.8) is 0 Å². The molecule has 0 atom stereocenters. The van der Waals surface area contributed by atoms with E-state index in [-0.39, 0.29) is 10.5 Å². The highest BCUT2D eigenvalue weighted by Crippen LogP contribution is 2.19. The number of carbonyl (C=O) groups is 1. The van der Waals surface area contributed by atoms with Crippen molar-refractivity contribution in [1.29, 1.82) is 0 Å². The molecule has 3 N–H and O–H groups in total. The molecule has 0 heterocycles. The Balaban J connectivity index is 3.17. The van der Waals surface area contributed by atoms with E-state index in [1.54, 1.807) is 13.0 Å². The Hall–Kier alpha value is -1.40. The van der Waals surface area contributed by atoms with Crippen LogP contribution in [0.2, 0.25) is 0 Å². The summed E-state index contributed by atoms with van der Waals surface area (Å²) in [6.07, 6.45) is 1.59. The minimum atomic E-state index is -3.67. The molecule has 0 aliphatic carbocycles. The Bertz CT molecular complexity index is 607. The van der Waals surface area contributed by atoms with E-state index in [1.807, 2.05) is 20.8 Å².